The van der Waals surface area contributed by atoms with Crippen LogP contribution < -0.4 is 5.73 Å². The van der Waals surface area contributed by atoms with Gasteiger partial charge in [0.05, 0.1) is 4.90 Å². The molecule has 3 nitrogen and oxygen atoms in total. The summed E-state index contributed by atoms with van der Waals surface area (Å²) in [7, 11) is -3.53. The molecule has 1 rings (SSSR count). The van der Waals surface area contributed by atoms with Gasteiger partial charge in [0, 0.05) is 6.26 Å². The van der Waals surface area contributed by atoms with E-state index in [0.717, 1.165) is 18.4 Å². The van der Waals surface area contributed by atoms with Crippen molar-refractivity contribution in [3.05, 3.63) is 29.8 Å². The smallest absolute Gasteiger partial charge is 0.316 e. The molecule has 0 unspecified atom stereocenters. The van der Waals surface area contributed by atoms with Crippen LogP contribution in [-0.4, -0.2) is 20.8 Å². The van der Waals surface area contributed by atoms with Crippen molar-refractivity contribution in [3.63, 3.8) is 0 Å². The molecule has 98 valence electrons. The Bertz CT molecular complexity index is 487. The first-order valence-corrected chi connectivity index (χ1v) is 6.14. The molecule has 0 spiro atoms. The van der Waals surface area contributed by atoms with Crippen molar-refractivity contribution in [2.75, 3.05) is 6.26 Å². The Balaban J connectivity index is 0.00000256. The minimum absolute atomic E-state index is 0. The molecule has 17 heavy (non-hydrogen) atoms. The summed E-state index contributed by atoms with van der Waals surface area (Å²) in [6.07, 6.45) is -3.67. The summed E-state index contributed by atoms with van der Waals surface area (Å²) in [4.78, 5) is -0.176. The fourth-order valence-electron chi connectivity index (χ4n) is 1.13. The number of alkyl halides is 3. The van der Waals surface area contributed by atoms with E-state index in [-0.39, 0.29) is 22.9 Å². The van der Waals surface area contributed by atoms with Crippen molar-refractivity contribution in [1.82, 2.24) is 0 Å². The van der Waals surface area contributed by atoms with E-state index in [4.69, 9.17) is 5.73 Å². The highest BCUT2D eigenvalue weighted by Gasteiger charge is 2.38. The van der Waals surface area contributed by atoms with E-state index >= 15 is 0 Å². The summed E-state index contributed by atoms with van der Waals surface area (Å²) in [6.45, 7) is 0. The third kappa shape index (κ3) is 4.18. The van der Waals surface area contributed by atoms with E-state index in [1.165, 1.54) is 12.1 Å². The van der Waals surface area contributed by atoms with Crippen LogP contribution in [0.25, 0.3) is 0 Å². The van der Waals surface area contributed by atoms with Crippen molar-refractivity contribution in [1.29, 1.82) is 0 Å². The minimum atomic E-state index is -4.59. The lowest BCUT2D eigenvalue weighted by Crippen LogP contribution is -2.28. The maximum absolute atomic E-state index is 12.3. The molecule has 0 saturated heterocycles. The highest BCUT2D eigenvalue weighted by atomic mass is 35.5. The maximum atomic E-state index is 12.3. The van der Waals surface area contributed by atoms with Crippen LogP contribution in [0, 0.1) is 0 Å². The molecule has 0 saturated carbocycles. The zero-order chi connectivity index (χ0) is 12.6. The standard InChI is InChI=1S/C9H10F3NO2S.ClH/c1-16(14,15)7-4-2-3-6(5-7)8(13)9(10,11)12;/h2-5,8H,13H2,1H3;1H/t8-;/m1./s1. The van der Waals surface area contributed by atoms with Crippen LogP contribution in [0.4, 0.5) is 13.2 Å². The number of sulfone groups is 1. The quantitative estimate of drug-likeness (QED) is 0.907. The van der Waals surface area contributed by atoms with Crippen LogP contribution in [-0.2, 0) is 9.84 Å². The lowest BCUT2D eigenvalue weighted by Gasteiger charge is -2.16. The van der Waals surface area contributed by atoms with E-state index < -0.39 is 22.1 Å². The summed E-state index contributed by atoms with van der Waals surface area (Å²) >= 11 is 0. The van der Waals surface area contributed by atoms with E-state index in [0.29, 0.717) is 0 Å². The van der Waals surface area contributed by atoms with E-state index in [1.807, 2.05) is 0 Å². The first-order valence-electron chi connectivity index (χ1n) is 4.24. The SMILES string of the molecule is CS(=O)(=O)c1cccc([C@@H](N)C(F)(F)F)c1.Cl. The second-order valence-electron chi connectivity index (χ2n) is 3.36. The van der Waals surface area contributed by atoms with Gasteiger partial charge in [-0.2, -0.15) is 13.2 Å². The Hall–Kier alpha value is -0.790. The molecular formula is C9H11ClF3NO2S. The number of benzene rings is 1. The van der Waals surface area contributed by atoms with Gasteiger partial charge in [-0.25, -0.2) is 8.42 Å². The van der Waals surface area contributed by atoms with Gasteiger partial charge < -0.3 is 5.73 Å². The van der Waals surface area contributed by atoms with Gasteiger partial charge >= 0.3 is 6.18 Å². The highest BCUT2D eigenvalue weighted by molar-refractivity contribution is 7.90. The Labute approximate surface area is 103 Å². The number of rotatable bonds is 2. The monoisotopic (exact) mass is 289 g/mol. The molecule has 0 heterocycles. The molecule has 1 atom stereocenters. The Morgan fingerprint density at radius 3 is 2.24 bits per heavy atom. The molecule has 0 aliphatic carbocycles. The summed E-state index contributed by atoms with van der Waals surface area (Å²) in [5, 5.41) is 0. The average Bonchev–Trinajstić information content (AvgIpc) is 2.14. The molecule has 0 aliphatic heterocycles. The second-order valence-corrected chi connectivity index (χ2v) is 5.38. The van der Waals surface area contributed by atoms with Crippen LogP contribution in [0.2, 0.25) is 0 Å². The number of hydrogen-bond acceptors (Lipinski definition) is 3. The lowest BCUT2D eigenvalue weighted by molar-refractivity contribution is -0.149. The molecule has 8 heteroatoms. The van der Waals surface area contributed by atoms with Crippen LogP contribution in [0.15, 0.2) is 29.2 Å². The Morgan fingerprint density at radius 1 is 1.29 bits per heavy atom. The molecule has 0 bridgehead atoms. The van der Waals surface area contributed by atoms with Gasteiger partial charge in [-0.1, -0.05) is 12.1 Å². The Kier molecular flexibility index (Phi) is 5.00. The zero-order valence-corrected chi connectivity index (χ0v) is 10.4. The van der Waals surface area contributed by atoms with Crippen molar-refractivity contribution >= 4 is 22.2 Å². The third-order valence-corrected chi connectivity index (χ3v) is 3.11. The van der Waals surface area contributed by atoms with Gasteiger partial charge in [0.15, 0.2) is 9.84 Å². The van der Waals surface area contributed by atoms with E-state index in [9.17, 15) is 21.6 Å². The average molecular weight is 290 g/mol. The summed E-state index contributed by atoms with van der Waals surface area (Å²) in [5.41, 5.74) is 4.70. The van der Waals surface area contributed by atoms with Gasteiger partial charge in [-0.3, -0.25) is 0 Å². The van der Waals surface area contributed by atoms with Gasteiger partial charge in [0.1, 0.15) is 6.04 Å². The molecule has 2 N–H and O–H groups in total. The molecule has 0 amide bonds. The topological polar surface area (TPSA) is 60.2 Å². The van der Waals surface area contributed by atoms with E-state index in [2.05, 4.69) is 0 Å². The van der Waals surface area contributed by atoms with Gasteiger partial charge in [0.25, 0.3) is 0 Å². The Morgan fingerprint density at radius 2 is 1.82 bits per heavy atom. The fourth-order valence-corrected chi connectivity index (χ4v) is 1.80. The van der Waals surface area contributed by atoms with Crippen LogP contribution in [0.5, 0.6) is 0 Å². The molecule has 0 fully saturated rings. The molecular weight excluding hydrogens is 279 g/mol. The lowest BCUT2D eigenvalue weighted by atomic mass is 10.1. The van der Waals surface area contributed by atoms with Crippen molar-refractivity contribution in [2.24, 2.45) is 5.73 Å². The summed E-state index contributed by atoms with van der Waals surface area (Å²) in [6, 6.07) is 2.37. The van der Waals surface area contributed by atoms with Gasteiger partial charge in [-0.15, -0.1) is 12.4 Å². The largest absolute Gasteiger partial charge is 0.407 e. The number of halogens is 4. The number of hydrogen-bond donors (Lipinski definition) is 1. The third-order valence-electron chi connectivity index (χ3n) is 2.00. The van der Waals surface area contributed by atoms with Crippen molar-refractivity contribution in [3.8, 4) is 0 Å². The first-order chi connectivity index (χ1) is 7.12. The molecule has 0 radical (unpaired) electrons. The van der Waals surface area contributed by atoms with Crippen molar-refractivity contribution in [2.45, 2.75) is 17.1 Å². The van der Waals surface area contributed by atoms with Crippen LogP contribution in [0.1, 0.15) is 11.6 Å². The minimum Gasteiger partial charge on any atom is -0.316 e. The molecule has 1 aromatic carbocycles. The normalized spacial score (nSPS) is 13.9. The zero-order valence-electron chi connectivity index (χ0n) is 8.73. The van der Waals surface area contributed by atoms with Crippen LogP contribution >= 0.6 is 12.4 Å². The predicted molar refractivity (Wildman–Crippen MR) is 59.8 cm³/mol. The first kappa shape index (κ1) is 16.2. The van der Waals surface area contributed by atoms with Gasteiger partial charge in [-0.05, 0) is 17.7 Å². The molecule has 0 aromatic heterocycles. The van der Waals surface area contributed by atoms with Crippen LogP contribution in [0.3, 0.4) is 0 Å². The second kappa shape index (κ2) is 5.24. The predicted octanol–water partition coefficient (Wildman–Crippen LogP) is 2.07. The summed E-state index contributed by atoms with van der Waals surface area (Å²) in [5.74, 6) is 0. The van der Waals surface area contributed by atoms with Gasteiger partial charge in [0.2, 0.25) is 0 Å². The molecule has 1 aromatic rings. The van der Waals surface area contributed by atoms with E-state index in [1.54, 1.807) is 0 Å². The molecule has 0 aliphatic rings. The summed E-state index contributed by atoms with van der Waals surface area (Å²) < 4.78 is 59.1. The fraction of sp³-hybridized carbons (Fsp3) is 0.333. The maximum Gasteiger partial charge on any atom is 0.407 e. The van der Waals surface area contributed by atoms with Crippen molar-refractivity contribution < 1.29 is 21.6 Å². The highest BCUT2D eigenvalue weighted by Crippen LogP contribution is 2.31. The number of nitrogens with two attached hydrogens (primary N) is 1.